The maximum absolute atomic E-state index is 2.52. The van der Waals surface area contributed by atoms with Crippen LogP contribution in [0.5, 0.6) is 0 Å². The van der Waals surface area contributed by atoms with Gasteiger partial charge >= 0.3 is 0 Å². The van der Waals surface area contributed by atoms with E-state index in [4.69, 9.17) is 0 Å². The smallest absolute Gasteiger partial charge is 0.0560 e. The van der Waals surface area contributed by atoms with Crippen molar-refractivity contribution in [2.24, 2.45) is 5.92 Å². The number of nitrogens with zero attached hydrogens (tertiary/aromatic N) is 2. The van der Waals surface area contributed by atoms with E-state index in [1.165, 1.54) is 60.8 Å². The Morgan fingerprint density at radius 2 is 1.21 bits per heavy atom. The fourth-order valence-corrected chi connectivity index (χ4v) is 6.92. The monoisotopic (exact) mass is 554 g/mol. The van der Waals surface area contributed by atoms with Gasteiger partial charge in [-0.2, -0.15) is 0 Å². The van der Waals surface area contributed by atoms with Gasteiger partial charge in [0.05, 0.1) is 11.7 Å². The molecule has 208 valence electrons. The Morgan fingerprint density at radius 3 is 1.84 bits per heavy atom. The molecule has 6 aromatic rings. The maximum Gasteiger partial charge on any atom is 0.0560 e. The number of allylic oxidation sites excluding steroid dienone is 5. The maximum atomic E-state index is 2.52. The van der Waals surface area contributed by atoms with Crippen LogP contribution in [-0.4, -0.2) is 6.04 Å². The third-order valence-electron chi connectivity index (χ3n) is 9.01. The highest BCUT2D eigenvalue weighted by molar-refractivity contribution is 6.27. The molecule has 0 saturated carbocycles. The second kappa shape index (κ2) is 10.6. The Labute approximate surface area is 253 Å². The van der Waals surface area contributed by atoms with Crippen molar-refractivity contribution in [3.8, 4) is 0 Å². The molecule has 0 aliphatic heterocycles. The van der Waals surface area contributed by atoms with Crippen LogP contribution in [0.1, 0.15) is 19.8 Å². The first-order valence-electron chi connectivity index (χ1n) is 15.4. The molecule has 2 heteroatoms. The summed E-state index contributed by atoms with van der Waals surface area (Å²) in [7, 11) is 0. The Hall–Kier alpha value is -5.08. The van der Waals surface area contributed by atoms with Gasteiger partial charge in [-0.05, 0) is 82.8 Å². The molecule has 0 heterocycles. The molecule has 0 N–H and O–H groups in total. The molecule has 0 radical (unpaired) electrons. The minimum atomic E-state index is 0.252. The molecule has 0 amide bonds. The van der Waals surface area contributed by atoms with Crippen LogP contribution in [0.25, 0.3) is 32.3 Å². The Kier molecular flexibility index (Phi) is 6.34. The lowest BCUT2D eigenvalue weighted by Crippen LogP contribution is -2.29. The molecule has 6 aromatic carbocycles. The summed E-state index contributed by atoms with van der Waals surface area (Å²) in [5.41, 5.74) is 6.08. The highest BCUT2D eigenvalue weighted by atomic mass is 15.2. The molecular weight excluding hydrogens is 520 g/mol. The van der Waals surface area contributed by atoms with E-state index in [0.717, 1.165) is 12.8 Å². The first-order chi connectivity index (χ1) is 21.3. The predicted molar refractivity (Wildman–Crippen MR) is 185 cm³/mol. The van der Waals surface area contributed by atoms with Gasteiger partial charge in [0.25, 0.3) is 0 Å². The van der Waals surface area contributed by atoms with Crippen LogP contribution < -0.4 is 9.80 Å². The first-order valence-corrected chi connectivity index (χ1v) is 15.4. The van der Waals surface area contributed by atoms with Crippen LogP contribution in [0.4, 0.5) is 22.7 Å². The zero-order chi connectivity index (χ0) is 28.8. The summed E-state index contributed by atoms with van der Waals surface area (Å²) in [4.78, 5) is 4.95. The van der Waals surface area contributed by atoms with Gasteiger partial charge in [-0.1, -0.05) is 116 Å². The molecule has 0 fully saturated rings. The van der Waals surface area contributed by atoms with Crippen molar-refractivity contribution < 1.29 is 0 Å². The van der Waals surface area contributed by atoms with Crippen molar-refractivity contribution in [1.82, 2.24) is 0 Å². The number of hydrogen-bond donors (Lipinski definition) is 0. The molecular formula is C41H34N2. The Bertz CT molecular complexity index is 2050. The van der Waals surface area contributed by atoms with Gasteiger partial charge in [-0.25, -0.2) is 0 Å². The third kappa shape index (κ3) is 4.42. The van der Waals surface area contributed by atoms with Crippen LogP contribution >= 0.6 is 0 Å². The number of para-hydroxylation sites is 2. The molecule has 2 nitrogen and oxygen atoms in total. The van der Waals surface area contributed by atoms with E-state index in [0.29, 0.717) is 5.92 Å². The second-order valence-corrected chi connectivity index (χ2v) is 11.8. The van der Waals surface area contributed by atoms with Crippen molar-refractivity contribution in [2.45, 2.75) is 25.8 Å². The number of benzene rings is 6. The van der Waals surface area contributed by atoms with Crippen LogP contribution in [0, 0.1) is 5.92 Å². The largest absolute Gasteiger partial charge is 0.334 e. The molecule has 2 unspecified atom stereocenters. The third-order valence-corrected chi connectivity index (χ3v) is 9.01. The highest BCUT2D eigenvalue weighted by Crippen LogP contribution is 2.46. The van der Waals surface area contributed by atoms with Crippen molar-refractivity contribution in [2.75, 3.05) is 9.80 Å². The summed E-state index contributed by atoms with van der Waals surface area (Å²) in [6.07, 6.45) is 18.0. The fraction of sp³-hybridized carbons (Fsp3) is 0.122. The van der Waals surface area contributed by atoms with Crippen LogP contribution in [0.15, 0.2) is 157 Å². The topological polar surface area (TPSA) is 6.48 Å². The van der Waals surface area contributed by atoms with E-state index < -0.39 is 0 Å². The SMILES string of the molecule is CC1C=CC(N(c2ccccc2)c2ccc3ccc4c(N(c5ccccc5)C5C=CC=CC5)ccc5ccc2c3c54)=CC1. The van der Waals surface area contributed by atoms with Crippen LogP contribution in [0.2, 0.25) is 0 Å². The van der Waals surface area contributed by atoms with Gasteiger partial charge < -0.3 is 9.80 Å². The Morgan fingerprint density at radius 1 is 0.581 bits per heavy atom. The molecule has 0 spiro atoms. The molecule has 0 aromatic heterocycles. The molecule has 2 atom stereocenters. The minimum absolute atomic E-state index is 0.252. The molecule has 2 aliphatic rings. The van der Waals surface area contributed by atoms with E-state index in [1.54, 1.807) is 0 Å². The number of rotatable bonds is 6. The quantitative estimate of drug-likeness (QED) is 0.189. The lowest BCUT2D eigenvalue weighted by molar-refractivity contribution is 0.728. The van der Waals surface area contributed by atoms with E-state index >= 15 is 0 Å². The van der Waals surface area contributed by atoms with Crippen molar-refractivity contribution >= 4 is 55.1 Å². The van der Waals surface area contributed by atoms with Crippen LogP contribution in [0.3, 0.4) is 0 Å². The summed E-state index contributed by atoms with van der Waals surface area (Å²) < 4.78 is 0. The second-order valence-electron chi connectivity index (χ2n) is 11.8. The van der Waals surface area contributed by atoms with E-state index in [-0.39, 0.29) is 6.04 Å². The van der Waals surface area contributed by atoms with Gasteiger partial charge in [-0.15, -0.1) is 0 Å². The average molecular weight is 555 g/mol. The van der Waals surface area contributed by atoms with E-state index in [1.807, 2.05) is 0 Å². The standard InChI is InChI=1S/C41H34N2/c1-29-17-23-35(24-18-29)43(34-15-9-4-10-16-34)39-28-22-31-19-25-36-38(27-21-30-20-26-37(39)41(31)40(30)36)42(32-11-5-2-6-12-32)33-13-7-3-8-14-33/h2-13,15-17,19-29,33H,14,18H2,1H3. The lowest BCUT2D eigenvalue weighted by atomic mass is 9.91. The van der Waals surface area contributed by atoms with Crippen molar-refractivity contribution in [1.29, 1.82) is 0 Å². The van der Waals surface area contributed by atoms with Crippen molar-refractivity contribution in [3.63, 3.8) is 0 Å². The lowest BCUT2D eigenvalue weighted by Gasteiger charge is -2.34. The predicted octanol–water partition coefficient (Wildman–Crippen LogP) is 11.2. The molecule has 0 bridgehead atoms. The fourth-order valence-electron chi connectivity index (χ4n) is 6.92. The zero-order valence-electron chi connectivity index (χ0n) is 24.4. The summed E-state index contributed by atoms with van der Waals surface area (Å²) in [6.45, 7) is 2.28. The van der Waals surface area contributed by atoms with Crippen LogP contribution in [-0.2, 0) is 0 Å². The molecule has 43 heavy (non-hydrogen) atoms. The molecule has 2 aliphatic carbocycles. The normalized spacial score (nSPS) is 18.0. The average Bonchev–Trinajstić information content (AvgIpc) is 3.07. The summed E-state index contributed by atoms with van der Waals surface area (Å²) in [5, 5.41) is 7.78. The zero-order valence-corrected chi connectivity index (χ0v) is 24.4. The van der Waals surface area contributed by atoms with Gasteiger partial charge in [0, 0.05) is 33.5 Å². The molecule has 0 saturated heterocycles. The van der Waals surface area contributed by atoms with Gasteiger partial charge in [0.1, 0.15) is 0 Å². The van der Waals surface area contributed by atoms with Gasteiger partial charge in [-0.3, -0.25) is 0 Å². The summed E-state index contributed by atoms with van der Waals surface area (Å²) in [6, 6.07) is 40.4. The van der Waals surface area contributed by atoms with E-state index in [9.17, 15) is 0 Å². The Balaban J connectivity index is 1.38. The number of anilines is 4. The van der Waals surface area contributed by atoms with Gasteiger partial charge in [0.2, 0.25) is 0 Å². The van der Waals surface area contributed by atoms with E-state index in [2.05, 4.69) is 168 Å². The summed E-state index contributed by atoms with van der Waals surface area (Å²) >= 11 is 0. The van der Waals surface area contributed by atoms with Gasteiger partial charge in [0.15, 0.2) is 0 Å². The van der Waals surface area contributed by atoms with Crippen molar-refractivity contribution in [3.05, 3.63) is 157 Å². The molecule has 8 rings (SSSR count). The highest BCUT2D eigenvalue weighted by Gasteiger charge is 2.24. The minimum Gasteiger partial charge on any atom is -0.334 e. The number of hydrogen-bond acceptors (Lipinski definition) is 2. The summed E-state index contributed by atoms with van der Waals surface area (Å²) in [5.74, 6) is 0.559. The first kappa shape index (κ1) is 25.6.